The van der Waals surface area contributed by atoms with Crippen LogP contribution in [0.3, 0.4) is 0 Å². The fourth-order valence-electron chi connectivity index (χ4n) is 1.71. The highest BCUT2D eigenvalue weighted by atomic mass is 16.3. The van der Waals surface area contributed by atoms with E-state index in [4.69, 9.17) is 5.84 Å². The molecule has 0 aromatic heterocycles. The van der Waals surface area contributed by atoms with Crippen molar-refractivity contribution in [3.8, 4) is 5.75 Å². The van der Waals surface area contributed by atoms with Crippen molar-refractivity contribution < 1.29 is 5.11 Å². The van der Waals surface area contributed by atoms with Crippen LogP contribution in [0.5, 0.6) is 5.75 Å². The molecule has 0 unspecified atom stereocenters. The Morgan fingerprint density at radius 1 is 0.824 bits per heavy atom. The molecule has 0 aliphatic rings. The molecule has 0 aliphatic carbocycles. The van der Waals surface area contributed by atoms with E-state index < -0.39 is 0 Å². The van der Waals surface area contributed by atoms with Crippen LogP contribution in [-0.2, 0) is 13.1 Å². The first-order chi connectivity index (χ1) is 8.24. The quantitative estimate of drug-likeness (QED) is 0.623. The summed E-state index contributed by atoms with van der Waals surface area (Å²) in [4.78, 5) is 0. The molecule has 3 heteroatoms. The van der Waals surface area contributed by atoms with Gasteiger partial charge in [0, 0.05) is 13.1 Å². The molecule has 0 heterocycles. The Morgan fingerprint density at radius 3 is 1.94 bits per heavy atom. The lowest BCUT2D eigenvalue weighted by Crippen LogP contribution is -2.29. The van der Waals surface area contributed by atoms with Gasteiger partial charge in [-0.3, -0.25) is 5.84 Å². The largest absolute Gasteiger partial charge is 0.508 e. The molecule has 2 aromatic carbocycles. The summed E-state index contributed by atoms with van der Waals surface area (Å²) in [6, 6.07) is 17.2. The Morgan fingerprint density at radius 2 is 1.35 bits per heavy atom. The van der Waals surface area contributed by atoms with Gasteiger partial charge in [-0.05, 0) is 23.3 Å². The first-order valence-corrected chi connectivity index (χ1v) is 5.55. The molecule has 0 bridgehead atoms. The number of hydrazine groups is 1. The van der Waals surface area contributed by atoms with Gasteiger partial charge in [-0.15, -0.1) is 0 Å². The molecular formula is C14H16N2O. The van der Waals surface area contributed by atoms with Crippen LogP contribution in [0.1, 0.15) is 11.1 Å². The van der Waals surface area contributed by atoms with E-state index in [0.29, 0.717) is 13.1 Å². The third-order valence-corrected chi connectivity index (χ3v) is 2.55. The minimum atomic E-state index is 0.278. The van der Waals surface area contributed by atoms with Crippen LogP contribution in [0, 0.1) is 0 Å². The Kier molecular flexibility index (Phi) is 3.75. The molecule has 0 spiro atoms. The van der Waals surface area contributed by atoms with E-state index in [-0.39, 0.29) is 5.75 Å². The van der Waals surface area contributed by atoms with Gasteiger partial charge in [0.15, 0.2) is 0 Å². The second kappa shape index (κ2) is 5.48. The molecule has 0 amide bonds. The van der Waals surface area contributed by atoms with Crippen molar-refractivity contribution in [3.63, 3.8) is 0 Å². The van der Waals surface area contributed by atoms with Crippen LogP contribution < -0.4 is 5.84 Å². The Labute approximate surface area is 101 Å². The van der Waals surface area contributed by atoms with Crippen molar-refractivity contribution in [3.05, 3.63) is 65.7 Å². The lowest BCUT2D eigenvalue weighted by atomic mass is 10.2. The second-order valence-electron chi connectivity index (χ2n) is 4.06. The average molecular weight is 228 g/mol. The fourth-order valence-corrected chi connectivity index (χ4v) is 1.71. The van der Waals surface area contributed by atoms with Gasteiger partial charge in [-0.2, -0.15) is 0 Å². The molecule has 17 heavy (non-hydrogen) atoms. The maximum absolute atomic E-state index is 9.18. The van der Waals surface area contributed by atoms with Crippen molar-refractivity contribution >= 4 is 0 Å². The third kappa shape index (κ3) is 3.59. The van der Waals surface area contributed by atoms with Crippen molar-refractivity contribution in [2.24, 2.45) is 5.84 Å². The average Bonchev–Trinajstić information content (AvgIpc) is 2.33. The fraction of sp³-hybridized carbons (Fsp3) is 0.143. The number of aromatic hydroxyl groups is 1. The first kappa shape index (κ1) is 11.6. The number of phenols is 1. The van der Waals surface area contributed by atoms with Crippen LogP contribution in [0.25, 0.3) is 0 Å². The Balaban J connectivity index is 1.93. The normalized spacial score (nSPS) is 10.7. The van der Waals surface area contributed by atoms with E-state index in [9.17, 15) is 5.11 Å². The maximum atomic E-state index is 9.18. The zero-order valence-corrected chi connectivity index (χ0v) is 9.58. The number of benzene rings is 2. The number of rotatable bonds is 4. The summed E-state index contributed by atoms with van der Waals surface area (Å²) in [5, 5.41) is 10.9. The number of nitrogens with zero attached hydrogens (tertiary/aromatic N) is 1. The van der Waals surface area contributed by atoms with Gasteiger partial charge in [0.25, 0.3) is 0 Å². The zero-order valence-electron chi connectivity index (χ0n) is 9.58. The summed E-state index contributed by atoms with van der Waals surface area (Å²) >= 11 is 0. The van der Waals surface area contributed by atoms with Crippen LogP contribution in [0.2, 0.25) is 0 Å². The van der Waals surface area contributed by atoms with Gasteiger partial charge in [-0.1, -0.05) is 42.5 Å². The maximum Gasteiger partial charge on any atom is 0.115 e. The summed E-state index contributed by atoms with van der Waals surface area (Å²) in [6.45, 7) is 1.37. The minimum absolute atomic E-state index is 0.278. The van der Waals surface area contributed by atoms with Gasteiger partial charge in [0.1, 0.15) is 5.75 Å². The molecule has 88 valence electrons. The third-order valence-electron chi connectivity index (χ3n) is 2.55. The Hall–Kier alpha value is -1.84. The van der Waals surface area contributed by atoms with Gasteiger partial charge in [0.05, 0.1) is 0 Å². The number of nitrogens with two attached hydrogens (primary N) is 1. The lowest BCUT2D eigenvalue weighted by molar-refractivity contribution is 0.266. The lowest BCUT2D eigenvalue weighted by Gasteiger charge is -2.16. The van der Waals surface area contributed by atoms with Crippen LogP contribution in [-0.4, -0.2) is 10.1 Å². The van der Waals surface area contributed by atoms with Crippen molar-refractivity contribution in [2.75, 3.05) is 0 Å². The van der Waals surface area contributed by atoms with E-state index in [1.54, 1.807) is 17.1 Å². The molecule has 0 atom stereocenters. The molecule has 2 aromatic rings. The molecule has 0 saturated carbocycles. The van der Waals surface area contributed by atoms with Crippen molar-refractivity contribution in [1.82, 2.24) is 5.01 Å². The first-order valence-electron chi connectivity index (χ1n) is 5.55. The molecule has 0 radical (unpaired) electrons. The highest BCUT2D eigenvalue weighted by molar-refractivity contribution is 5.25. The second-order valence-corrected chi connectivity index (χ2v) is 4.06. The molecule has 0 aliphatic heterocycles. The van der Waals surface area contributed by atoms with E-state index >= 15 is 0 Å². The summed E-state index contributed by atoms with van der Waals surface area (Å²) < 4.78 is 0. The van der Waals surface area contributed by atoms with Crippen LogP contribution in [0.4, 0.5) is 0 Å². The monoisotopic (exact) mass is 228 g/mol. The molecule has 3 nitrogen and oxygen atoms in total. The standard InChI is InChI=1S/C14H16N2O/c15-16(10-12-4-2-1-3-5-12)11-13-6-8-14(17)9-7-13/h1-9,17H,10-11,15H2. The molecule has 2 rings (SSSR count). The molecule has 3 N–H and O–H groups in total. The Bertz CT molecular complexity index is 453. The van der Waals surface area contributed by atoms with Gasteiger partial charge < -0.3 is 5.11 Å². The minimum Gasteiger partial charge on any atom is -0.508 e. The zero-order chi connectivity index (χ0) is 12.1. The summed E-state index contributed by atoms with van der Waals surface area (Å²) in [7, 11) is 0. The summed E-state index contributed by atoms with van der Waals surface area (Å²) in [5.74, 6) is 6.22. The van der Waals surface area contributed by atoms with Crippen LogP contribution in [0.15, 0.2) is 54.6 Å². The molecular weight excluding hydrogens is 212 g/mol. The van der Waals surface area contributed by atoms with E-state index in [0.717, 1.165) is 5.56 Å². The van der Waals surface area contributed by atoms with E-state index in [1.165, 1.54) is 5.56 Å². The predicted molar refractivity (Wildman–Crippen MR) is 68.0 cm³/mol. The highest BCUT2D eigenvalue weighted by Crippen LogP contribution is 2.11. The number of phenolic OH excluding ortho intramolecular Hbond substituents is 1. The predicted octanol–water partition coefficient (Wildman–Crippen LogP) is 2.27. The van der Waals surface area contributed by atoms with Gasteiger partial charge in [0.2, 0.25) is 0 Å². The molecule has 0 fully saturated rings. The van der Waals surface area contributed by atoms with Crippen molar-refractivity contribution in [1.29, 1.82) is 0 Å². The number of hydrogen-bond acceptors (Lipinski definition) is 3. The van der Waals surface area contributed by atoms with E-state index in [1.807, 2.05) is 30.3 Å². The van der Waals surface area contributed by atoms with Crippen LogP contribution >= 0.6 is 0 Å². The summed E-state index contributed by atoms with van der Waals surface area (Å²) in [5.41, 5.74) is 2.27. The van der Waals surface area contributed by atoms with Gasteiger partial charge in [-0.25, -0.2) is 5.01 Å². The smallest absolute Gasteiger partial charge is 0.115 e. The van der Waals surface area contributed by atoms with Crippen molar-refractivity contribution in [2.45, 2.75) is 13.1 Å². The highest BCUT2D eigenvalue weighted by Gasteiger charge is 2.02. The van der Waals surface area contributed by atoms with E-state index in [2.05, 4.69) is 12.1 Å². The SMILES string of the molecule is NN(Cc1ccccc1)Cc1ccc(O)cc1. The van der Waals surface area contributed by atoms with Gasteiger partial charge >= 0.3 is 0 Å². The number of hydrogen-bond donors (Lipinski definition) is 2. The topological polar surface area (TPSA) is 49.5 Å². The molecule has 0 saturated heterocycles. The summed E-state index contributed by atoms with van der Waals surface area (Å²) in [6.07, 6.45) is 0.